The summed E-state index contributed by atoms with van der Waals surface area (Å²) in [5, 5.41) is 7.35. The van der Waals surface area contributed by atoms with Crippen molar-refractivity contribution in [1.82, 2.24) is 19.5 Å². The molecule has 2 unspecified atom stereocenters. The molecular weight excluding hydrogens is 228 g/mol. The van der Waals surface area contributed by atoms with Crippen molar-refractivity contribution in [3.05, 3.63) is 35.0 Å². The lowest BCUT2D eigenvalue weighted by Gasteiger charge is -2.23. The largest absolute Gasteiger partial charge is 0.315 e. The highest BCUT2D eigenvalue weighted by Crippen LogP contribution is 2.09. The van der Waals surface area contributed by atoms with Crippen molar-refractivity contribution in [2.75, 3.05) is 7.05 Å². The first kappa shape index (κ1) is 12.8. The number of hydrogen-bond acceptors (Lipinski definition) is 3. The molecule has 0 aromatic carbocycles. The van der Waals surface area contributed by atoms with Crippen LogP contribution < -0.4 is 10.9 Å². The molecule has 5 heteroatoms. The van der Waals surface area contributed by atoms with Crippen molar-refractivity contribution in [2.45, 2.75) is 32.9 Å². The van der Waals surface area contributed by atoms with Gasteiger partial charge in [0.2, 0.25) is 0 Å². The highest BCUT2D eigenvalue weighted by Gasteiger charge is 2.15. The molecular formula is C13H20N4O. The number of nitrogens with one attached hydrogen (secondary N) is 1. The highest BCUT2D eigenvalue weighted by atomic mass is 16.1. The van der Waals surface area contributed by atoms with Gasteiger partial charge in [-0.1, -0.05) is 20.3 Å². The maximum Gasteiger partial charge on any atom is 0.276 e. The Labute approximate surface area is 106 Å². The van der Waals surface area contributed by atoms with E-state index in [4.69, 9.17) is 0 Å². The number of fused-ring (bicyclic) bond motifs is 1. The lowest BCUT2D eigenvalue weighted by Crippen LogP contribution is -2.39. The molecule has 2 aromatic heterocycles. The second-order valence-corrected chi connectivity index (χ2v) is 4.70. The third kappa shape index (κ3) is 2.31. The van der Waals surface area contributed by atoms with E-state index in [1.54, 1.807) is 27.5 Å². The molecule has 2 heterocycles. The fourth-order valence-corrected chi connectivity index (χ4v) is 2.16. The minimum absolute atomic E-state index is 0.0125. The van der Waals surface area contributed by atoms with E-state index in [2.05, 4.69) is 24.3 Å². The summed E-state index contributed by atoms with van der Waals surface area (Å²) in [4.78, 5) is 12.2. The van der Waals surface area contributed by atoms with E-state index in [0.29, 0.717) is 24.0 Å². The third-order valence-corrected chi connectivity index (χ3v) is 3.63. The molecule has 5 nitrogen and oxygen atoms in total. The lowest BCUT2D eigenvalue weighted by atomic mass is 9.99. The molecule has 2 aromatic rings. The Hall–Kier alpha value is -1.62. The van der Waals surface area contributed by atoms with E-state index in [1.165, 1.54) is 0 Å². The average Bonchev–Trinajstić information content (AvgIpc) is 2.86. The Morgan fingerprint density at radius 1 is 1.44 bits per heavy atom. The van der Waals surface area contributed by atoms with Crippen LogP contribution in [0.25, 0.3) is 5.52 Å². The van der Waals surface area contributed by atoms with Gasteiger partial charge in [-0.25, -0.2) is 4.52 Å². The number of likely N-dealkylation sites (N-methyl/N-ethyl adjacent to an activating group) is 1. The zero-order valence-electron chi connectivity index (χ0n) is 11.1. The van der Waals surface area contributed by atoms with Crippen LogP contribution >= 0.6 is 0 Å². The summed E-state index contributed by atoms with van der Waals surface area (Å²) >= 11 is 0. The van der Waals surface area contributed by atoms with E-state index in [-0.39, 0.29) is 5.56 Å². The minimum Gasteiger partial charge on any atom is -0.315 e. The number of rotatable bonds is 5. The normalized spacial score (nSPS) is 14.8. The molecule has 0 aliphatic carbocycles. The molecule has 0 saturated heterocycles. The van der Waals surface area contributed by atoms with Crippen molar-refractivity contribution < 1.29 is 0 Å². The van der Waals surface area contributed by atoms with Crippen molar-refractivity contribution in [3.63, 3.8) is 0 Å². The Morgan fingerprint density at radius 3 is 2.89 bits per heavy atom. The summed E-state index contributed by atoms with van der Waals surface area (Å²) in [6, 6.07) is 2.05. The van der Waals surface area contributed by atoms with Crippen LogP contribution in [0.3, 0.4) is 0 Å². The summed E-state index contributed by atoms with van der Waals surface area (Å²) in [6.45, 7) is 5.05. The number of aromatic nitrogens is 3. The molecule has 98 valence electrons. The van der Waals surface area contributed by atoms with Gasteiger partial charge in [-0.05, 0) is 19.0 Å². The monoisotopic (exact) mass is 248 g/mol. The topological polar surface area (TPSA) is 51.3 Å². The minimum atomic E-state index is 0.0125. The summed E-state index contributed by atoms with van der Waals surface area (Å²) in [5.74, 6) is 0.531. The molecule has 2 rings (SSSR count). The first-order chi connectivity index (χ1) is 8.67. The van der Waals surface area contributed by atoms with Crippen molar-refractivity contribution in [2.24, 2.45) is 5.92 Å². The molecule has 0 spiro atoms. The zero-order valence-corrected chi connectivity index (χ0v) is 11.1. The van der Waals surface area contributed by atoms with Gasteiger partial charge in [0, 0.05) is 25.0 Å². The second-order valence-electron chi connectivity index (χ2n) is 4.70. The fourth-order valence-electron chi connectivity index (χ4n) is 2.16. The summed E-state index contributed by atoms with van der Waals surface area (Å²) < 4.78 is 3.36. The maximum absolute atomic E-state index is 12.2. The van der Waals surface area contributed by atoms with Gasteiger partial charge < -0.3 is 9.88 Å². The van der Waals surface area contributed by atoms with E-state index in [1.807, 2.05) is 13.2 Å². The molecule has 1 N–H and O–H groups in total. The summed E-state index contributed by atoms with van der Waals surface area (Å²) in [7, 11) is 1.94. The first-order valence-corrected chi connectivity index (χ1v) is 6.37. The lowest BCUT2D eigenvalue weighted by molar-refractivity contribution is 0.344. The van der Waals surface area contributed by atoms with Crippen LogP contribution in [0.5, 0.6) is 0 Å². The van der Waals surface area contributed by atoms with Crippen LogP contribution in [-0.2, 0) is 6.54 Å². The molecule has 0 bridgehead atoms. The first-order valence-electron chi connectivity index (χ1n) is 6.37. The molecule has 0 saturated carbocycles. The predicted octanol–water partition coefficient (Wildman–Crippen LogP) is 1.13. The van der Waals surface area contributed by atoms with Crippen LogP contribution in [0.1, 0.15) is 20.3 Å². The van der Waals surface area contributed by atoms with Crippen LogP contribution in [0.4, 0.5) is 0 Å². The highest BCUT2D eigenvalue weighted by molar-refractivity contribution is 5.42. The molecule has 0 amide bonds. The quantitative estimate of drug-likeness (QED) is 0.863. The van der Waals surface area contributed by atoms with Crippen molar-refractivity contribution in [1.29, 1.82) is 0 Å². The maximum atomic E-state index is 12.2. The van der Waals surface area contributed by atoms with E-state index in [9.17, 15) is 4.79 Å². The molecule has 0 fully saturated rings. The van der Waals surface area contributed by atoms with Crippen LogP contribution in [0.15, 0.2) is 29.5 Å². The average molecular weight is 248 g/mol. The predicted molar refractivity (Wildman–Crippen MR) is 71.8 cm³/mol. The standard InChI is InChI=1S/C13H20N4O/c1-4-10(2)11(14-3)9-16-7-8-17-12(13(16)18)5-6-15-17/h5-8,10-11,14H,4,9H2,1-3H3. The van der Waals surface area contributed by atoms with Gasteiger partial charge in [0.25, 0.3) is 5.56 Å². The Morgan fingerprint density at radius 2 is 2.22 bits per heavy atom. The van der Waals surface area contributed by atoms with Crippen LogP contribution in [0.2, 0.25) is 0 Å². The third-order valence-electron chi connectivity index (χ3n) is 3.63. The van der Waals surface area contributed by atoms with Gasteiger partial charge in [0.05, 0.1) is 6.20 Å². The summed E-state index contributed by atoms with van der Waals surface area (Å²) in [5.41, 5.74) is 0.634. The summed E-state index contributed by atoms with van der Waals surface area (Å²) in [6.07, 6.45) is 6.36. The Bertz CT molecular complexity index is 572. The molecule has 0 radical (unpaired) electrons. The van der Waals surface area contributed by atoms with Crippen LogP contribution in [0, 0.1) is 5.92 Å². The van der Waals surface area contributed by atoms with E-state index >= 15 is 0 Å². The van der Waals surface area contributed by atoms with Gasteiger partial charge >= 0.3 is 0 Å². The van der Waals surface area contributed by atoms with Gasteiger partial charge in [0.1, 0.15) is 5.52 Å². The fraction of sp³-hybridized carbons (Fsp3) is 0.538. The number of nitrogens with zero attached hydrogens (tertiary/aromatic N) is 3. The van der Waals surface area contributed by atoms with Crippen LogP contribution in [-0.4, -0.2) is 27.3 Å². The van der Waals surface area contributed by atoms with Gasteiger partial charge in [-0.2, -0.15) is 5.10 Å². The van der Waals surface area contributed by atoms with E-state index < -0.39 is 0 Å². The zero-order chi connectivity index (χ0) is 13.1. The van der Waals surface area contributed by atoms with Gasteiger partial charge in [-0.3, -0.25) is 4.79 Å². The van der Waals surface area contributed by atoms with Gasteiger partial charge in [0.15, 0.2) is 0 Å². The molecule has 0 aliphatic rings. The SMILES string of the molecule is CCC(C)C(Cn1ccn2nccc2c1=O)NC. The van der Waals surface area contributed by atoms with E-state index in [0.717, 1.165) is 6.42 Å². The molecule has 2 atom stereocenters. The second kappa shape index (κ2) is 5.35. The Kier molecular flexibility index (Phi) is 3.81. The van der Waals surface area contributed by atoms with Crippen molar-refractivity contribution >= 4 is 5.52 Å². The molecule has 18 heavy (non-hydrogen) atoms. The number of hydrogen-bond donors (Lipinski definition) is 1. The Balaban J connectivity index is 2.31. The smallest absolute Gasteiger partial charge is 0.276 e. The van der Waals surface area contributed by atoms with Crippen molar-refractivity contribution in [3.8, 4) is 0 Å². The molecule has 0 aliphatic heterocycles. The van der Waals surface area contributed by atoms with Gasteiger partial charge in [-0.15, -0.1) is 0 Å².